The van der Waals surface area contributed by atoms with Crippen molar-refractivity contribution < 1.29 is 13.2 Å². The normalized spacial score (nSPS) is 12.2. The maximum atomic E-state index is 12.7. The first-order valence-electron chi connectivity index (χ1n) is 5.68. The van der Waals surface area contributed by atoms with Crippen LogP contribution in [0, 0.1) is 0 Å². The first-order chi connectivity index (χ1) is 9.50. The molecule has 3 aromatic rings. The Bertz CT molecular complexity index is 747. The third-order valence-corrected chi connectivity index (χ3v) is 3.84. The van der Waals surface area contributed by atoms with Gasteiger partial charge in [0.15, 0.2) is 0 Å². The Morgan fingerprint density at radius 3 is 2.65 bits per heavy atom. The minimum atomic E-state index is -4.37. The van der Waals surface area contributed by atoms with Gasteiger partial charge in [-0.2, -0.15) is 24.5 Å². The highest BCUT2D eigenvalue weighted by atomic mass is 35.5. The molecule has 20 heavy (non-hydrogen) atoms. The summed E-state index contributed by atoms with van der Waals surface area (Å²) in [6, 6.07) is 5.41. The second kappa shape index (κ2) is 4.79. The lowest BCUT2D eigenvalue weighted by molar-refractivity contribution is -0.137. The third-order valence-electron chi connectivity index (χ3n) is 2.94. The SMILES string of the molecule is FC(F)(F)c1ccc2c(c1)nc(CCl)n2-c1ccsc1. The number of aromatic nitrogens is 2. The number of benzene rings is 1. The molecule has 2 aromatic heterocycles. The van der Waals surface area contributed by atoms with Crippen molar-refractivity contribution in [2.24, 2.45) is 0 Å². The molecule has 0 saturated carbocycles. The predicted octanol–water partition coefficient (Wildman–Crippen LogP) is 4.84. The van der Waals surface area contributed by atoms with Crippen molar-refractivity contribution in [1.82, 2.24) is 9.55 Å². The van der Waals surface area contributed by atoms with Crippen LogP contribution >= 0.6 is 22.9 Å². The molecule has 2 nitrogen and oxygen atoms in total. The van der Waals surface area contributed by atoms with Crippen LogP contribution in [0.25, 0.3) is 16.7 Å². The van der Waals surface area contributed by atoms with Crippen LogP contribution in [0.4, 0.5) is 13.2 Å². The molecule has 104 valence electrons. The second-order valence-electron chi connectivity index (χ2n) is 4.18. The lowest BCUT2D eigenvalue weighted by Gasteiger charge is -2.07. The Morgan fingerprint density at radius 2 is 2.05 bits per heavy atom. The minimum absolute atomic E-state index is 0.131. The van der Waals surface area contributed by atoms with Gasteiger partial charge in [-0.05, 0) is 29.6 Å². The average molecular weight is 317 g/mol. The van der Waals surface area contributed by atoms with E-state index >= 15 is 0 Å². The smallest absolute Gasteiger partial charge is 0.294 e. The summed E-state index contributed by atoms with van der Waals surface area (Å²) in [6.45, 7) is 0. The lowest BCUT2D eigenvalue weighted by atomic mass is 10.2. The molecule has 0 aliphatic heterocycles. The molecule has 2 heterocycles. The number of hydrogen-bond acceptors (Lipinski definition) is 2. The molecule has 0 spiro atoms. The van der Waals surface area contributed by atoms with Crippen molar-refractivity contribution in [3.05, 3.63) is 46.4 Å². The summed E-state index contributed by atoms with van der Waals surface area (Å²) in [5, 5.41) is 3.79. The molecule has 0 radical (unpaired) electrons. The summed E-state index contributed by atoms with van der Waals surface area (Å²) in [5.74, 6) is 0.658. The van der Waals surface area contributed by atoms with Gasteiger partial charge in [0.25, 0.3) is 0 Å². The van der Waals surface area contributed by atoms with Gasteiger partial charge in [-0.25, -0.2) is 4.98 Å². The average Bonchev–Trinajstić information content (AvgIpc) is 3.02. The number of thiophene rings is 1. The molecule has 0 fully saturated rings. The maximum absolute atomic E-state index is 12.7. The predicted molar refractivity (Wildman–Crippen MR) is 73.5 cm³/mol. The highest BCUT2D eigenvalue weighted by Crippen LogP contribution is 2.32. The number of nitrogens with zero attached hydrogens (tertiary/aromatic N) is 2. The van der Waals surface area contributed by atoms with E-state index < -0.39 is 11.7 Å². The zero-order chi connectivity index (χ0) is 14.3. The fourth-order valence-corrected chi connectivity index (χ4v) is 2.87. The Kier molecular flexibility index (Phi) is 3.22. The highest BCUT2D eigenvalue weighted by Gasteiger charge is 2.31. The van der Waals surface area contributed by atoms with E-state index in [9.17, 15) is 13.2 Å². The van der Waals surface area contributed by atoms with Gasteiger partial charge < -0.3 is 0 Å². The first kappa shape index (κ1) is 13.5. The molecule has 0 atom stereocenters. The Labute approximate surface area is 121 Å². The van der Waals surface area contributed by atoms with Gasteiger partial charge in [0.2, 0.25) is 0 Å². The lowest BCUT2D eigenvalue weighted by Crippen LogP contribution is -2.04. The summed E-state index contributed by atoms with van der Waals surface area (Å²) in [6.07, 6.45) is -4.37. The molecular formula is C13H8ClF3N2S. The van der Waals surface area contributed by atoms with Crippen molar-refractivity contribution >= 4 is 34.0 Å². The Morgan fingerprint density at radius 1 is 1.25 bits per heavy atom. The zero-order valence-corrected chi connectivity index (χ0v) is 11.6. The molecule has 0 N–H and O–H groups in total. The van der Waals surface area contributed by atoms with E-state index in [1.54, 1.807) is 4.57 Å². The van der Waals surface area contributed by atoms with Gasteiger partial charge in [0.1, 0.15) is 5.82 Å². The summed E-state index contributed by atoms with van der Waals surface area (Å²) < 4.78 is 39.9. The number of hydrogen-bond donors (Lipinski definition) is 0. The fraction of sp³-hybridized carbons (Fsp3) is 0.154. The fourth-order valence-electron chi connectivity index (χ4n) is 2.07. The van der Waals surface area contributed by atoms with Crippen LogP contribution in [0.5, 0.6) is 0 Å². The van der Waals surface area contributed by atoms with Gasteiger partial charge in [0, 0.05) is 5.38 Å². The van der Waals surface area contributed by atoms with E-state index in [0.717, 1.165) is 17.8 Å². The van der Waals surface area contributed by atoms with Crippen LogP contribution in [-0.2, 0) is 12.1 Å². The number of alkyl halides is 4. The quantitative estimate of drug-likeness (QED) is 0.618. The van der Waals surface area contributed by atoms with Crippen molar-refractivity contribution in [1.29, 1.82) is 0 Å². The van der Waals surface area contributed by atoms with Crippen LogP contribution in [0.1, 0.15) is 11.4 Å². The summed E-state index contributed by atoms with van der Waals surface area (Å²) in [5.41, 5.74) is 1.06. The van der Waals surface area contributed by atoms with E-state index in [0.29, 0.717) is 16.9 Å². The highest BCUT2D eigenvalue weighted by molar-refractivity contribution is 7.08. The summed E-state index contributed by atoms with van der Waals surface area (Å²) in [4.78, 5) is 4.20. The summed E-state index contributed by atoms with van der Waals surface area (Å²) in [7, 11) is 0. The van der Waals surface area contributed by atoms with Crippen LogP contribution in [0.15, 0.2) is 35.0 Å². The Balaban J connectivity index is 2.25. The minimum Gasteiger partial charge on any atom is -0.294 e. The molecule has 7 heteroatoms. The molecule has 0 bridgehead atoms. The van der Waals surface area contributed by atoms with Gasteiger partial charge in [-0.1, -0.05) is 0 Å². The Hall–Kier alpha value is -1.53. The summed E-state index contributed by atoms with van der Waals surface area (Å²) >= 11 is 7.35. The first-order valence-corrected chi connectivity index (χ1v) is 7.15. The van der Waals surface area contributed by atoms with Crippen LogP contribution < -0.4 is 0 Å². The number of rotatable bonds is 2. The maximum Gasteiger partial charge on any atom is 0.416 e. The van der Waals surface area contributed by atoms with E-state index in [4.69, 9.17) is 11.6 Å². The third kappa shape index (κ3) is 2.19. The van der Waals surface area contributed by atoms with Crippen molar-refractivity contribution in [2.75, 3.05) is 0 Å². The number of halogens is 4. The number of fused-ring (bicyclic) bond motifs is 1. The molecule has 0 amide bonds. The van der Waals surface area contributed by atoms with Crippen molar-refractivity contribution in [3.63, 3.8) is 0 Å². The van der Waals surface area contributed by atoms with Crippen LogP contribution in [0.2, 0.25) is 0 Å². The zero-order valence-electron chi connectivity index (χ0n) is 9.99. The molecule has 0 aliphatic rings. The van der Waals surface area contributed by atoms with Gasteiger partial charge in [-0.15, -0.1) is 11.6 Å². The molecule has 0 aliphatic carbocycles. The monoisotopic (exact) mass is 316 g/mol. The van der Waals surface area contributed by atoms with E-state index in [2.05, 4.69) is 4.98 Å². The van der Waals surface area contributed by atoms with Crippen molar-refractivity contribution in [2.45, 2.75) is 12.1 Å². The van der Waals surface area contributed by atoms with E-state index in [1.165, 1.54) is 17.4 Å². The van der Waals surface area contributed by atoms with Crippen LogP contribution in [0.3, 0.4) is 0 Å². The van der Waals surface area contributed by atoms with Gasteiger partial charge in [0.05, 0.1) is 28.2 Å². The van der Waals surface area contributed by atoms with E-state index in [-0.39, 0.29) is 5.88 Å². The van der Waals surface area contributed by atoms with E-state index in [1.807, 2.05) is 16.8 Å². The molecule has 3 rings (SSSR count). The number of imidazole rings is 1. The van der Waals surface area contributed by atoms with Crippen LogP contribution in [-0.4, -0.2) is 9.55 Å². The molecule has 0 unspecified atom stereocenters. The van der Waals surface area contributed by atoms with Crippen molar-refractivity contribution in [3.8, 4) is 5.69 Å². The second-order valence-corrected chi connectivity index (χ2v) is 5.23. The topological polar surface area (TPSA) is 17.8 Å². The molecular weight excluding hydrogens is 309 g/mol. The van der Waals surface area contributed by atoms with Gasteiger partial charge in [-0.3, -0.25) is 4.57 Å². The largest absolute Gasteiger partial charge is 0.416 e. The molecule has 1 aromatic carbocycles. The molecule has 0 saturated heterocycles. The van der Waals surface area contributed by atoms with Gasteiger partial charge >= 0.3 is 6.18 Å². The standard InChI is InChI=1S/C13H8ClF3N2S/c14-6-12-18-10-5-8(13(15,16)17)1-2-11(10)19(12)9-3-4-20-7-9/h1-5,7H,6H2.